The molecule has 0 aromatic heterocycles. The van der Waals surface area contributed by atoms with Crippen LogP contribution in [0, 0.1) is 34.5 Å². The van der Waals surface area contributed by atoms with E-state index in [-0.39, 0.29) is 17.4 Å². The second kappa shape index (κ2) is 5.56. The first-order chi connectivity index (χ1) is 11.4. The third-order valence-corrected chi connectivity index (χ3v) is 8.02. The smallest absolute Gasteiger partial charge is 0.123 e. The van der Waals surface area contributed by atoms with E-state index in [0.717, 1.165) is 24.8 Å². The minimum Gasteiger partial charge on any atom is -0.396 e. The maximum atomic E-state index is 15.1. The first-order valence-electron chi connectivity index (χ1n) is 9.75. The van der Waals surface area contributed by atoms with E-state index in [1.54, 1.807) is 0 Å². The summed E-state index contributed by atoms with van der Waals surface area (Å²) in [5.74, 6) is 2.13. The molecule has 0 aliphatic heterocycles. The number of fused-ring (bicyclic) bond motifs is 5. The van der Waals surface area contributed by atoms with Gasteiger partial charge in [0.15, 0.2) is 0 Å². The van der Waals surface area contributed by atoms with Gasteiger partial charge in [0.1, 0.15) is 6.17 Å². The highest BCUT2D eigenvalue weighted by Gasteiger charge is 2.58. The summed E-state index contributed by atoms with van der Waals surface area (Å²) in [6.45, 7) is 7.25. The first kappa shape index (κ1) is 16.6. The first-order valence-corrected chi connectivity index (χ1v) is 9.75. The van der Waals surface area contributed by atoms with Crippen molar-refractivity contribution in [2.24, 2.45) is 34.5 Å². The number of aliphatic hydroxyl groups excluding tert-OH is 1. The predicted molar refractivity (Wildman–Crippen MR) is 96.2 cm³/mol. The van der Waals surface area contributed by atoms with Crippen LogP contribution in [0.15, 0.2) is 35.5 Å². The zero-order chi connectivity index (χ0) is 17.1. The van der Waals surface area contributed by atoms with Gasteiger partial charge in [0, 0.05) is 12.0 Å². The van der Waals surface area contributed by atoms with Crippen molar-refractivity contribution in [1.29, 1.82) is 0 Å². The van der Waals surface area contributed by atoms with Gasteiger partial charge in [-0.15, -0.1) is 0 Å². The van der Waals surface area contributed by atoms with Crippen LogP contribution in [0.4, 0.5) is 4.39 Å². The third kappa shape index (κ3) is 2.08. The minimum absolute atomic E-state index is 0.194. The maximum Gasteiger partial charge on any atom is 0.123 e. The average molecular weight is 330 g/mol. The number of alkyl halides is 1. The molecule has 2 unspecified atom stereocenters. The molecular weight excluding hydrogens is 299 g/mol. The second-order valence-corrected chi connectivity index (χ2v) is 9.12. The van der Waals surface area contributed by atoms with Crippen molar-refractivity contribution >= 4 is 0 Å². The number of halogens is 1. The summed E-state index contributed by atoms with van der Waals surface area (Å²) in [7, 11) is 0. The van der Waals surface area contributed by atoms with Crippen LogP contribution in [0.3, 0.4) is 0 Å². The fraction of sp³-hybridized carbons (Fsp3) is 0.727. The molecule has 1 nitrogen and oxygen atoms in total. The van der Waals surface area contributed by atoms with Gasteiger partial charge < -0.3 is 5.11 Å². The zero-order valence-electron chi connectivity index (χ0n) is 15.3. The molecule has 0 radical (unpaired) electrons. The Bertz CT molecular complexity index is 617. The van der Waals surface area contributed by atoms with E-state index in [1.807, 2.05) is 0 Å². The monoisotopic (exact) mass is 330 g/mol. The van der Waals surface area contributed by atoms with Crippen LogP contribution in [0.25, 0.3) is 0 Å². The van der Waals surface area contributed by atoms with Crippen LogP contribution in [-0.4, -0.2) is 17.9 Å². The molecule has 0 saturated heterocycles. The normalized spacial score (nSPS) is 49.8. The van der Waals surface area contributed by atoms with E-state index in [4.69, 9.17) is 0 Å². The fourth-order valence-corrected chi connectivity index (χ4v) is 6.90. The van der Waals surface area contributed by atoms with E-state index >= 15 is 4.39 Å². The van der Waals surface area contributed by atoms with Crippen molar-refractivity contribution in [3.05, 3.63) is 35.5 Å². The molecule has 4 rings (SSSR count). The molecule has 0 bridgehead atoms. The van der Waals surface area contributed by atoms with Gasteiger partial charge in [-0.3, -0.25) is 0 Å². The minimum atomic E-state index is -0.795. The topological polar surface area (TPSA) is 20.2 Å². The summed E-state index contributed by atoms with van der Waals surface area (Å²) >= 11 is 0. The van der Waals surface area contributed by atoms with Gasteiger partial charge in [-0.2, -0.15) is 0 Å². The Balaban J connectivity index is 1.76. The summed E-state index contributed by atoms with van der Waals surface area (Å²) in [5, 5.41) is 9.53. The standard InChI is InChI=1S/C22H31FO/c1-14-12-19-15-13-20(23)18-6-4-5-9-21(18,2)17(15)7-10-22(19,3)16(14)8-11-24/h5-7,9,14-16,19-20,24H,4,8,10-13H2,1-3H3/t14?,15-,16+,19+,20?,21-,22-/m1/s1. The molecule has 2 saturated carbocycles. The van der Waals surface area contributed by atoms with Gasteiger partial charge in [0.25, 0.3) is 0 Å². The van der Waals surface area contributed by atoms with E-state index in [0.29, 0.717) is 30.1 Å². The zero-order valence-corrected chi connectivity index (χ0v) is 15.3. The molecule has 0 aromatic rings. The van der Waals surface area contributed by atoms with Crippen LogP contribution in [0.1, 0.15) is 52.9 Å². The van der Waals surface area contributed by atoms with Gasteiger partial charge in [-0.05, 0) is 73.7 Å². The Morgan fingerprint density at radius 1 is 1.21 bits per heavy atom. The summed E-state index contributed by atoms with van der Waals surface area (Å²) in [6.07, 6.45) is 13.0. The Morgan fingerprint density at radius 3 is 2.75 bits per heavy atom. The van der Waals surface area contributed by atoms with Crippen LogP contribution >= 0.6 is 0 Å². The number of rotatable bonds is 2. The van der Waals surface area contributed by atoms with Gasteiger partial charge in [0.2, 0.25) is 0 Å². The molecule has 4 aliphatic rings. The largest absolute Gasteiger partial charge is 0.396 e. The molecule has 7 atom stereocenters. The molecule has 2 heteroatoms. The maximum absolute atomic E-state index is 15.1. The van der Waals surface area contributed by atoms with E-state index in [2.05, 4.69) is 45.1 Å². The molecule has 0 spiro atoms. The molecule has 132 valence electrons. The van der Waals surface area contributed by atoms with Crippen LogP contribution in [0.5, 0.6) is 0 Å². The molecule has 2 fully saturated rings. The molecule has 0 amide bonds. The number of hydrogen-bond acceptors (Lipinski definition) is 1. The highest BCUT2D eigenvalue weighted by Crippen LogP contribution is 2.65. The summed E-state index contributed by atoms with van der Waals surface area (Å²) in [4.78, 5) is 0. The lowest BCUT2D eigenvalue weighted by Crippen LogP contribution is -2.46. The molecule has 4 aliphatic carbocycles. The van der Waals surface area contributed by atoms with Crippen LogP contribution < -0.4 is 0 Å². The second-order valence-electron chi connectivity index (χ2n) is 9.12. The number of allylic oxidation sites excluding steroid dienone is 6. The van der Waals surface area contributed by atoms with Gasteiger partial charge >= 0.3 is 0 Å². The van der Waals surface area contributed by atoms with Gasteiger partial charge in [-0.25, -0.2) is 4.39 Å². The van der Waals surface area contributed by atoms with Crippen LogP contribution in [0.2, 0.25) is 0 Å². The molecular formula is C22H31FO. The summed E-state index contributed by atoms with van der Waals surface area (Å²) in [5.41, 5.74) is 2.53. The van der Waals surface area contributed by atoms with Gasteiger partial charge in [-0.1, -0.05) is 43.7 Å². The highest BCUT2D eigenvalue weighted by molar-refractivity contribution is 5.45. The van der Waals surface area contributed by atoms with Gasteiger partial charge in [0.05, 0.1) is 0 Å². The average Bonchev–Trinajstić information content (AvgIpc) is 2.80. The van der Waals surface area contributed by atoms with Crippen molar-refractivity contribution < 1.29 is 9.50 Å². The Kier molecular flexibility index (Phi) is 3.84. The Morgan fingerprint density at radius 2 is 2.00 bits per heavy atom. The fourth-order valence-electron chi connectivity index (χ4n) is 6.90. The van der Waals surface area contributed by atoms with E-state index in [1.165, 1.54) is 12.0 Å². The highest BCUT2D eigenvalue weighted by atomic mass is 19.1. The van der Waals surface area contributed by atoms with Crippen molar-refractivity contribution in [3.8, 4) is 0 Å². The predicted octanol–water partition coefficient (Wildman–Crippen LogP) is 5.23. The van der Waals surface area contributed by atoms with E-state index < -0.39 is 6.17 Å². The SMILES string of the molecule is CC1C[C@H]2[C@@H]3CC(F)C4=CCC=C[C@]4(C)C3=CC[C@]2(C)[C@H]1CCO. The lowest BCUT2D eigenvalue weighted by Gasteiger charge is -2.53. The van der Waals surface area contributed by atoms with Crippen molar-refractivity contribution in [2.75, 3.05) is 6.61 Å². The number of aliphatic hydroxyl groups is 1. The lowest BCUT2D eigenvalue weighted by molar-refractivity contribution is 0.0602. The molecule has 24 heavy (non-hydrogen) atoms. The lowest BCUT2D eigenvalue weighted by atomic mass is 9.52. The summed E-state index contributed by atoms with van der Waals surface area (Å²) < 4.78 is 15.1. The van der Waals surface area contributed by atoms with Crippen molar-refractivity contribution in [2.45, 2.75) is 59.0 Å². The number of hydrogen-bond donors (Lipinski definition) is 1. The molecule has 0 aromatic carbocycles. The summed E-state index contributed by atoms with van der Waals surface area (Å²) in [6, 6.07) is 0. The van der Waals surface area contributed by atoms with Crippen molar-refractivity contribution in [3.63, 3.8) is 0 Å². The quantitative estimate of drug-likeness (QED) is 0.688. The molecule has 1 N–H and O–H groups in total. The molecule has 0 heterocycles. The Hall–Kier alpha value is -0.890. The third-order valence-electron chi connectivity index (χ3n) is 8.02. The van der Waals surface area contributed by atoms with E-state index in [9.17, 15) is 5.11 Å². The Labute approximate surface area is 145 Å². The van der Waals surface area contributed by atoms with Crippen molar-refractivity contribution in [1.82, 2.24) is 0 Å². The van der Waals surface area contributed by atoms with Crippen LogP contribution in [-0.2, 0) is 0 Å².